The van der Waals surface area contributed by atoms with Gasteiger partial charge in [-0.05, 0) is 61.4 Å². The maximum Gasteiger partial charge on any atom is 0.240 e. The van der Waals surface area contributed by atoms with E-state index in [1.807, 2.05) is 0 Å². The minimum absolute atomic E-state index is 0.126. The molecule has 0 saturated heterocycles. The molecule has 0 heterocycles. The number of rotatable bonds is 5. The van der Waals surface area contributed by atoms with Gasteiger partial charge < -0.3 is 0 Å². The Morgan fingerprint density at radius 3 is 2.32 bits per heavy atom. The Bertz CT molecular complexity index is 810. The Kier molecular flexibility index (Phi) is 6.04. The Morgan fingerprint density at radius 2 is 1.64 bits per heavy atom. The molecule has 0 aromatic heterocycles. The van der Waals surface area contributed by atoms with E-state index < -0.39 is 10.0 Å². The van der Waals surface area contributed by atoms with E-state index in [0.717, 1.165) is 30.6 Å². The second-order valence-corrected chi connectivity index (χ2v) is 9.54. The molecule has 0 bridgehead atoms. The molecule has 0 radical (unpaired) electrons. The fourth-order valence-corrected chi connectivity index (χ4v) is 5.76. The zero-order chi connectivity index (χ0) is 17.9. The fraction of sp³-hybridized carbons (Fsp3) is 0.333. The average Bonchev–Trinajstić information content (AvgIpc) is 2.59. The van der Waals surface area contributed by atoms with Crippen molar-refractivity contribution in [2.75, 3.05) is 0 Å². The first-order valence-electron chi connectivity index (χ1n) is 8.14. The molecule has 1 N–H and O–H groups in total. The summed E-state index contributed by atoms with van der Waals surface area (Å²) in [7, 11) is -3.59. The highest BCUT2D eigenvalue weighted by molar-refractivity contribution is 8.00. The van der Waals surface area contributed by atoms with Crippen molar-refractivity contribution < 1.29 is 12.8 Å². The van der Waals surface area contributed by atoms with Gasteiger partial charge in [0.1, 0.15) is 5.82 Å². The second-order valence-electron chi connectivity index (χ2n) is 6.08. The quantitative estimate of drug-likeness (QED) is 0.780. The first-order chi connectivity index (χ1) is 11.9. The molecule has 2 atom stereocenters. The van der Waals surface area contributed by atoms with Gasteiger partial charge in [0.05, 0.1) is 4.90 Å². The van der Waals surface area contributed by atoms with Gasteiger partial charge in [-0.3, -0.25) is 0 Å². The number of hydrogen-bond acceptors (Lipinski definition) is 3. The topological polar surface area (TPSA) is 46.2 Å². The van der Waals surface area contributed by atoms with Crippen molar-refractivity contribution in [3.63, 3.8) is 0 Å². The summed E-state index contributed by atoms with van der Waals surface area (Å²) >= 11 is 7.44. The smallest absolute Gasteiger partial charge is 0.207 e. The molecule has 1 aliphatic rings. The maximum absolute atomic E-state index is 13.1. The molecule has 1 fully saturated rings. The van der Waals surface area contributed by atoms with Crippen molar-refractivity contribution in [2.45, 2.75) is 46.8 Å². The Hall–Kier alpha value is -1.08. The monoisotopic (exact) mass is 399 g/mol. The van der Waals surface area contributed by atoms with Gasteiger partial charge in [0.2, 0.25) is 10.0 Å². The number of sulfonamides is 1. The summed E-state index contributed by atoms with van der Waals surface area (Å²) in [5.74, 6) is -0.270. The van der Waals surface area contributed by atoms with E-state index in [2.05, 4.69) is 4.72 Å². The third kappa shape index (κ3) is 4.97. The lowest BCUT2D eigenvalue weighted by atomic mass is 9.96. The minimum atomic E-state index is -3.59. The minimum Gasteiger partial charge on any atom is -0.207 e. The summed E-state index contributed by atoms with van der Waals surface area (Å²) in [5, 5.41) is 0.627. The summed E-state index contributed by atoms with van der Waals surface area (Å²) in [6.45, 7) is 0. The number of hydrogen-bond donors (Lipinski definition) is 1. The van der Waals surface area contributed by atoms with Gasteiger partial charge in [-0.25, -0.2) is 17.5 Å². The van der Waals surface area contributed by atoms with Crippen LogP contribution < -0.4 is 4.72 Å². The van der Waals surface area contributed by atoms with Gasteiger partial charge in [0.25, 0.3) is 0 Å². The van der Waals surface area contributed by atoms with Gasteiger partial charge in [-0.1, -0.05) is 24.4 Å². The lowest BCUT2D eigenvalue weighted by molar-refractivity contribution is 0.423. The molecule has 1 saturated carbocycles. The van der Waals surface area contributed by atoms with E-state index in [1.54, 1.807) is 36.0 Å². The van der Waals surface area contributed by atoms with Crippen LogP contribution in [-0.4, -0.2) is 19.7 Å². The molecular weight excluding hydrogens is 381 g/mol. The van der Waals surface area contributed by atoms with E-state index in [4.69, 9.17) is 11.6 Å². The molecule has 2 aromatic rings. The van der Waals surface area contributed by atoms with Crippen LogP contribution in [0.5, 0.6) is 0 Å². The van der Waals surface area contributed by atoms with E-state index in [0.29, 0.717) is 5.02 Å². The predicted molar refractivity (Wildman–Crippen MR) is 100 cm³/mol. The van der Waals surface area contributed by atoms with Crippen LogP contribution in [0, 0.1) is 5.82 Å². The van der Waals surface area contributed by atoms with Crippen molar-refractivity contribution in [3.05, 3.63) is 59.4 Å². The van der Waals surface area contributed by atoms with E-state index >= 15 is 0 Å². The second kappa shape index (κ2) is 8.08. The highest BCUT2D eigenvalue weighted by atomic mass is 35.5. The largest absolute Gasteiger partial charge is 0.240 e. The van der Waals surface area contributed by atoms with Gasteiger partial charge in [-0.2, -0.15) is 0 Å². The van der Waals surface area contributed by atoms with Crippen LogP contribution in [0.2, 0.25) is 5.02 Å². The van der Waals surface area contributed by atoms with E-state index in [9.17, 15) is 12.8 Å². The molecule has 0 aliphatic heterocycles. The molecule has 25 heavy (non-hydrogen) atoms. The maximum atomic E-state index is 13.1. The number of benzene rings is 2. The van der Waals surface area contributed by atoms with Crippen LogP contribution in [0.4, 0.5) is 4.39 Å². The highest BCUT2D eigenvalue weighted by Crippen LogP contribution is 2.34. The molecule has 0 spiro atoms. The number of nitrogens with one attached hydrogen (secondary N) is 1. The third-order valence-corrected chi connectivity index (χ3v) is 7.40. The van der Waals surface area contributed by atoms with Gasteiger partial charge in [0, 0.05) is 21.2 Å². The van der Waals surface area contributed by atoms with Crippen molar-refractivity contribution >= 4 is 33.4 Å². The molecule has 3 rings (SSSR count). The zero-order valence-corrected chi connectivity index (χ0v) is 15.9. The van der Waals surface area contributed by atoms with E-state index in [-0.39, 0.29) is 22.0 Å². The van der Waals surface area contributed by atoms with Crippen molar-refractivity contribution in [2.24, 2.45) is 0 Å². The normalized spacial score (nSPS) is 21.2. The van der Waals surface area contributed by atoms with Crippen LogP contribution in [0.15, 0.2) is 58.3 Å². The summed E-state index contributed by atoms with van der Waals surface area (Å²) in [5.41, 5.74) is 0. The van der Waals surface area contributed by atoms with Gasteiger partial charge in [-0.15, -0.1) is 11.8 Å². The van der Waals surface area contributed by atoms with Crippen LogP contribution in [0.3, 0.4) is 0 Å². The predicted octanol–water partition coefficient (Wildman–Crippen LogP) is 4.86. The van der Waals surface area contributed by atoms with Crippen LogP contribution in [0.25, 0.3) is 0 Å². The average molecular weight is 400 g/mol. The molecule has 134 valence electrons. The molecule has 7 heteroatoms. The molecule has 0 unspecified atom stereocenters. The van der Waals surface area contributed by atoms with Crippen molar-refractivity contribution in [1.82, 2.24) is 4.72 Å². The Labute approximate surface area is 157 Å². The molecule has 1 aliphatic carbocycles. The molecule has 3 nitrogen and oxygen atoms in total. The molecule has 2 aromatic carbocycles. The first-order valence-corrected chi connectivity index (χ1v) is 10.9. The highest BCUT2D eigenvalue weighted by Gasteiger charge is 2.30. The fourth-order valence-electron chi connectivity index (χ4n) is 2.94. The first kappa shape index (κ1) is 18.7. The molecule has 0 amide bonds. The third-order valence-electron chi connectivity index (χ3n) is 4.23. The zero-order valence-electron chi connectivity index (χ0n) is 13.5. The summed E-state index contributed by atoms with van der Waals surface area (Å²) in [6, 6.07) is 12.3. The van der Waals surface area contributed by atoms with Gasteiger partial charge in [0.15, 0.2) is 0 Å². The SMILES string of the molecule is O=S(=O)(N[C@@H]1CCCC[C@H]1Sc1ccc(F)cc1)c1ccc(Cl)cc1. The number of thioether (sulfide) groups is 1. The number of halogens is 2. The van der Waals surface area contributed by atoms with Gasteiger partial charge >= 0.3 is 0 Å². The standard InChI is InChI=1S/C18H19ClFNO2S2/c19-13-5-11-16(12-6-13)25(22,23)21-17-3-1-2-4-18(17)24-15-9-7-14(20)8-10-15/h5-12,17-18,21H,1-4H2/t17-,18-/m1/s1. The van der Waals surface area contributed by atoms with Crippen LogP contribution in [-0.2, 0) is 10.0 Å². The summed E-state index contributed by atoms with van der Waals surface area (Å²) in [6.07, 6.45) is 3.79. The Balaban J connectivity index is 1.74. The van der Waals surface area contributed by atoms with E-state index in [1.165, 1.54) is 24.3 Å². The summed E-state index contributed by atoms with van der Waals surface area (Å²) in [4.78, 5) is 1.16. The lowest BCUT2D eigenvalue weighted by Gasteiger charge is -2.31. The van der Waals surface area contributed by atoms with Crippen molar-refractivity contribution in [1.29, 1.82) is 0 Å². The molecular formula is C18H19ClFNO2S2. The lowest BCUT2D eigenvalue weighted by Crippen LogP contribution is -2.43. The summed E-state index contributed by atoms with van der Waals surface area (Å²) < 4.78 is 41.2. The van der Waals surface area contributed by atoms with Crippen molar-refractivity contribution in [3.8, 4) is 0 Å². The van der Waals surface area contributed by atoms with Crippen LogP contribution in [0.1, 0.15) is 25.7 Å². The van der Waals surface area contributed by atoms with Crippen LogP contribution >= 0.6 is 23.4 Å². The Morgan fingerprint density at radius 1 is 1.00 bits per heavy atom.